The lowest BCUT2D eigenvalue weighted by atomic mass is 10.2. The topological polar surface area (TPSA) is 56.0 Å². The molecule has 1 aromatic heterocycles. The first-order chi connectivity index (χ1) is 5.72. The number of rotatable bonds is 1. The molecule has 0 aliphatic carbocycles. The number of nitrogens with two attached hydrogens (primary N) is 1. The summed E-state index contributed by atoms with van der Waals surface area (Å²) in [5.41, 5.74) is 6.23. The third-order valence-electron chi connectivity index (χ3n) is 1.17. The van der Waals surface area contributed by atoms with Crippen molar-refractivity contribution < 1.29 is 4.79 Å². The predicted octanol–water partition coefficient (Wildman–Crippen LogP) is 1.89. The van der Waals surface area contributed by atoms with Crippen molar-refractivity contribution >= 4 is 11.5 Å². The summed E-state index contributed by atoms with van der Waals surface area (Å²) in [4.78, 5) is 14.5. The van der Waals surface area contributed by atoms with Crippen LogP contribution in [0.15, 0.2) is 18.3 Å². The number of hydrogen-bond acceptors (Lipinski definition) is 3. The Morgan fingerprint density at radius 2 is 2.08 bits per heavy atom. The molecule has 0 aliphatic heterocycles. The highest BCUT2D eigenvalue weighted by atomic mass is 16.1. The van der Waals surface area contributed by atoms with Crippen LogP contribution in [0.3, 0.4) is 0 Å². The second kappa shape index (κ2) is 5.29. The third kappa shape index (κ3) is 2.70. The van der Waals surface area contributed by atoms with Gasteiger partial charge in [0.2, 0.25) is 0 Å². The number of carbonyl (C=O) groups excluding carboxylic acids is 1. The fourth-order valence-corrected chi connectivity index (χ4v) is 0.712. The Labute approximate surface area is 72.6 Å². The van der Waals surface area contributed by atoms with Gasteiger partial charge in [-0.05, 0) is 12.1 Å². The predicted molar refractivity (Wildman–Crippen MR) is 50.0 cm³/mol. The molecule has 0 aromatic carbocycles. The number of pyridine rings is 1. The number of Topliss-reactive ketones (excluding diaryl/α,β-unsaturated/α-hetero) is 1. The van der Waals surface area contributed by atoms with Crippen LogP contribution >= 0.6 is 0 Å². The quantitative estimate of drug-likeness (QED) is 0.648. The van der Waals surface area contributed by atoms with Crippen LogP contribution in [0.4, 0.5) is 5.69 Å². The Morgan fingerprint density at radius 1 is 1.50 bits per heavy atom. The molecule has 0 amide bonds. The van der Waals surface area contributed by atoms with Crippen molar-refractivity contribution in [3.8, 4) is 0 Å². The van der Waals surface area contributed by atoms with Crippen LogP contribution in [0.2, 0.25) is 0 Å². The summed E-state index contributed by atoms with van der Waals surface area (Å²) >= 11 is 0. The largest absolute Gasteiger partial charge is 0.397 e. The van der Waals surface area contributed by atoms with Crippen molar-refractivity contribution in [1.29, 1.82) is 0 Å². The van der Waals surface area contributed by atoms with Gasteiger partial charge < -0.3 is 5.73 Å². The molecule has 66 valence electrons. The molecule has 1 rings (SSSR count). The smallest absolute Gasteiger partial charge is 0.180 e. The highest BCUT2D eigenvalue weighted by Gasteiger charge is 2.02. The molecule has 0 fully saturated rings. The van der Waals surface area contributed by atoms with Gasteiger partial charge in [0.05, 0.1) is 5.69 Å². The fourth-order valence-electron chi connectivity index (χ4n) is 0.712. The number of hydrogen-bond donors (Lipinski definition) is 1. The molecule has 0 bridgehead atoms. The number of ketones is 1. The van der Waals surface area contributed by atoms with E-state index in [0.717, 1.165) is 0 Å². The molecule has 0 spiro atoms. The summed E-state index contributed by atoms with van der Waals surface area (Å²) in [6.45, 7) is 5.44. The van der Waals surface area contributed by atoms with Crippen molar-refractivity contribution in [3.63, 3.8) is 0 Å². The number of nitrogen functional groups attached to an aromatic ring is 1. The summed E-state index contributed by atoms with van der Waals surface area (Å²) in [6, 6.07) is 3.35. The summed E-state index contributed by atoms with van der Waals surface area (Å²) in [7, 11) is 0. The summed E-state index contributed by atoms with van der Waals surface area (Å²) < 4.78 is 0. The molecule has 0 saturated heterocycles. The van der Waals surface area contributed by atoms with Crippen molar-refractivity contribution in [3.05, 3.63) is 24.0 Å². The van der Waals surface area contributed by atoms with E-state index < -0.39 is 0 Å². The first kappa shape index (κ1) is 10.6. The summed E-state index contributed by atoms with van der Waals surface area (Å²) in [5, 5.41) is 0. The molecule has 0 saturated carbocycles. The molecule has 3 heteroatoms. The minimum atomic E-state index is -0.0990. The second-order valence-corrected chi connectivity index (χ2v) is 2.00. The fraction of sp³-hybridized carbons (Fsp3) is 0.333. The molecule has 1 heterocycles. The molecule has 0 aliphatic rings. The Kier molecular flexibility index (Phi) is 4.69. The van der Waals surface area contributed by atoms with Gasteiger partial charge in [-0.1, -0.05) is 13.8 Å². The van der Waals surface area contributed by atoms with Crippen LogP contribution in [-0.2, 0) is 0 Å². The minimum Gasteiger partial charge on any atom is -0.397 e. The average Bonchev–Trinajstić information content (AvgIpc) is 2.08. The Bertz CT molecular complexity index is 258. The highest BCUT2D eigenvalue weighted by Crippen LogP contribution is 2.06. The number of anilines is 1. The van der Waals surface area contributed by atoms with Gasteiger partial charge in [0.1, 0.15) is 5.69 Å². The zero-order chi connectivity index (χ0) is 9.56. The lowest BCUT2D eigenvalue weighted by Gasteiger charge is -1.96. The van der Waals surface area contributed by atoms with E-state index in [-0.39, 0.29) is 5.78 Å². The number of nitrogens with zero attached hydrogens (tertiary/aromatic N) is 1. The van der Waals surface area contributed by atoms with Crippen LogP contribution in [0.25, 0.3) is 0 Å². The molecule has 0 radical (unpaired) electrons. The third-order valence-corrected chi connectivity index (χ3v) is 1.17. The van der Waals surface area contributed by atoms with Gasteiger partial charge in [0, 0.05) is 13.1 Å². The molecule has 1 aromatic rings. The van der Waals surface area contributed by atoms with Crippen LogP contribution < -0.4 is 5.73 Å². The van der Waals surface area contributed by atoms with Crippen LogP contribution in [0.1, 0.15) is 31.3 Å². The van der Waals surface area contributed by atoms with Crippen LogP contribution in [0, 0.1) is 0 Å². The Hall–Kier alpha value is -1.38. The average molecular weight is 166 g/mol. The Morgan fingerprint density at radius 3 is 2.42 bits per heavy atom. The van der Waals surface area contributed by atoms with E-state index in [1.807, 2.05) is 13.8 Å². The maximum atomic E-state index is 10.7. The molecular formula is C9H14N2O. The standard InChI is InChI=1S/C7H8N2O.C2H6/c1-5(10)7-6(8)3-2-4-9-7;1-2/h2-4H,8H2,1H3;1-2H3. The van der Waals surface area contributed by atoms with Gasteiger partial charge in [-0.2, -0.15) is 0 Å². The molecule has 2 N–H and O–H groups in total. The van der Waals surface area contributed by atoms with E-state index in [9.17, 15) is 4.79 Å². The van der Waals surface area contributed by atoms with Gasteiger partial charge >= 0.3 is 0 Å². The SMILES string of the molecule is CC.CC(=O)c1ncccc1N. The Balaban J connectivity index is 0.000000561. The minimum absolute atomic E-state index is 0.0990. The molecule has 3 nitrogen and oxygen atoms in total. The first-order valence-electron chi connectivity index (χ1n) is 3.93. The maximum absolute atomic E-state index is 10.7. The van der Waals surface area contributed by atoms with E-state index in [1.54, 1.807) is 18.3 Å². The van der Waals surface area contributed by atoms with E-state index in [0.29, 0.717) is 11.4 Å². The van der Waals surface area contributed by atoms with Crippen molar-refractivity contribution in [2.75, 3.05) is 5.73 Å². The van der Waals surface area contributed by atoms with Crippen molar-refractivity contribution in [2.45, 2.75) is 20.8 Å². The lowest BCUT2D eigenvalue weighted by molar-refractivity contribution is 0.101. The van der Waals surface area contributed by atoms with E-state index in [4.69, 9.17) is 5.73 Å². The lowest BCUT2D eigenvalue weighted by Crippen LogP contribution is -2.01. The van der Waals surface area contributed by atoms with Crippen molar-refractivity contribution in [2.24, 2.45) is 0 Å². The van der Waals surface area contributed by atoms with Gasteiger partial charge in [-0.3, -0.25) is 9.78 Å². The zero-order valence-electron chi connectivity index (χ0n) is 7.66. The normalized spacial score (nSPS) is 8.25. The first-order valence-corrected chi connectivity index (χ1v) is 3.93. The van der Waals surface area contributed by atoms with Gasteiger partial charge in [0.25, 0.3) is 0 Å². The van der Waals surface area contributed by atoms with Crippen LogP contribution in [-0.4, -0.2) is 10.8 Å². The molecule has 12 heavy (non-hydrogen) atoms. The van der Waals surface area contributed by atoms with E-state index in [2.05, 4.69) is 4.98 Å². The van der Waals surface area contributed by atoms with Gasteiger partial charge in [-0.15, -0.1) is 0 Å². The maximum Gasteiger partial charge on any atom is 0.180 e. The number of carbonyl (C=O) groups is 1. The zero-order valence-corrected chi connectivity index (χ0v) is 7.66. The van der Waals surface area contributed by atoms with Gasteiger partial charge in [0.15, 0.2) is 5.78 Å². The molecule has 0 unspecified atom stereocenters. The molecule has 0 atom stereocenters. The highest BCUT2D eigenvalue weighted by molar-refractivity contribution is 5.96. The van der Waals surface area contributed by atoms with Crippen molar-refractivity contribution in [1.82, 2.24) is 4.98 Å². The van der Waals surface area contributed by atoms with E-state index in [1.165, 1.54) is 6.92 Å². The van der Waals surface area contributed by atoms with E-state index >= 15 is 0 Å². The monoisotopic (exact) mass is 166 g/mol. The second-order valence-electron chi connectivity index (χ2n) is 2.00. The van der Waals surface area contributed by atoms with Gasteiger partial charge in [-0.25, -0.2) is 0 Å². The summed E-state index contributed by atoms with van der Waals surface area (Å²) in [5.74, 6) is -0.0990. The summed E-state index contributed by atoms with van der Waals surface area (Å²) in [6.07, 6.45) is 1.55. The molecular weight excluding hydrogens is 152 g/mol. The number of aromatic nitrogens is 1. The van der Waals surface area contributed by atoms with Crippen LogP contribution in [0.5, 0.6) is 0 Å².